The van der Waals surface area contributed by atoms with Crippen molar-refractivity contribution in [1.29, 1.82) is 0 Å². The van der Waals surface area contributed by atoms with E-state index in [1.54, 1.807) is 19.5 Å². The minimum Gasteiger partial charge on any atom is -0.497 e. The largest absolute Gasteiger partial charge is 0.497 e. The molecule has 1 atom stereocenters. The fraction of sp³-hybridized carbons (Fsp3) is 0.250. The van der Waals surface area contributed by atoms with E-state index >= 15 is 0 Å². The Morgan fingerprint density at radius 1 is 1.10 bits per heavy atom. The third-order valence-electron chi connectivity index (χ3n) is 3.07. The number of carbonyl (C=O) groups is 1. The maximum Gasteiger partial charge on any atom is 0.246 e. The van der Waals surface area contributed by atoms with Crippen LogP contribution in [0.15, 0.2) is 48.8 Å². The number of nitrogens with one attached hydrogen (secondary N) is 1. The summed E-state index contributed by atoms with van der Waals surface area (Å²) in [4.78, 5) is 15.9. The highest BCUT2D eigenvalue weighted by atomic mass is 16.5. The molecule has 0 unspecified atom stereocenters. The van der Waals surface area contributed by atoms with Gasteiger partial charge in [-0.1, -0.05) is 12.1 Å². The molecule has 0 aliphatic rings. The molecule has 21 heavy (non-hydrogen) atoms. The Hall–Kier alpha value is -2.40. The first kappa shape index (κ1) is 15.0. The maximum atomic E-state index is 11.8. The zero-order valence-electron chi connectivity index (χ0n) is 12.1. The monoisotopic (exact) mass is 286 g/mol. The Kier molecular flexibility index (Phi) is 5.29. The summed E-state index contributed by atoms with van der Waals surface area (Å²) in [5.41, 5.74) is 1.92. The summed E-state index contributed by atoms with van der Waals surface area (Å²) < 4.78 is 10.0. The summed E-state index contributed by atoms with van der Waals surface area (Å²) in [6, 6.07) is 11.1. The average Bonchev–Trinajstić information content (AvgIpc) is 2.54. The highest BCUT2D eigenvalue weighted by Gasteiger charge is 2.16. The van der Waals surface area contributed by atoms with Crippen molar-refractivity contribution in [2.45, 2.75) is 6.04 Å². The van der Waals surface area contributed by atoms with E-state index in [4.69, 9.17) is 9.47 Å². The zero-order chi connectivity index (χ0) is 15.1. The third-order valence-corrected chi connectivity index (χ3v) is 3.07. The number of hydrogen-bond donors (Lipinski definition) is 1. The molecular weight excluding hydrogens is 268 g/mol. The van der Waals surface area contributed by atoms with E-state index in [1.165, 1.54) is 7.11 Å². The van der Waals surface area contributed by atoms with E-state index in [1.807, 2.05) is 36.4 Å². The lowest BCUT2D eigenvalue weighted by Gasteiger charge is -2.19. The van der Waals surface area contributed by atoms with Crippen LogP contribution >= 0.6 is 0 Å². The van der Waals surface area contributed by atoms with Gasteiger partial charge in [-0.2, -0.15) is 0 Å². The number of carbonyl (C=O) groups excluding carboxylic acids is 1. The summed E-state index contributed by atoms with van der Waals surface area (Å²) in [5.74, 6) is 0.602. The van der Waals surface area contributed by atoms with Crippen LogP contribution < -0.4 is 10.1 Å². The van der Waals surface area contributed by atoms with Crippen molar-refractivity contribution in [3.8, 4) is 5.75 Å². The number of rotatable bonds is 6. The second-order valence-corrected chi connectivity index (χ2v) is 4.49. The number of methoxy groups -OCH3 is 2. The quantitative estimate of drug-likeness (QED) is 0.881. The van der Waals surface area contributed by atoms with Gasteiger partial charge in [-0.15, -0.1) is 0 Å². The van der Waals surface area contributed by atoms with Gasteiger partial charge >= 0.3 is 0 Å². The Morgan fingerprint density at radius 2 is 1.71 bits per heavy atom. The molecule has 1 aromatic carbocycles. The van der Waals surface area contributed by atoms with Gasteiger partial charge in [0.25, 0.3) is 0 Å². The Balaban J connectivity index is 2.28. The first-order chi connectivity index (χ1) is 10.2. The molecule has 1 amide bonds. The number of benzene rings is 1. The summed E-state index contributed by atoms with van der Waals surface area (Å²) in [7, 11) is 3.12. The molecule has 0 aliphatic heterocycles. The topological polar surface area (TPSA) is 60.5 Å². The highest BCUT2D eigenvalue weighted by Crippen LogP contribution is 2.23. The van der Waals surface area contributed by atoms with Crippen LogP contribution in [0.2, 0.25) is 0 Å². The molecule has 1 aromatic heterocycles. The van der Waals surface area contributed by atoms with Gasteiger partial charge < -0.3 is 14.8 Å². The van der Waals surface area contributed by atoms with E-state index in [0.717, 1.165) is 16.9 Å². The lowest BCUT2D eigenvalue weighted by molar-refractivity contribution is -0.125. The molecule has 0 saturated heterocycles. The molecule has 110 valence electrons. The normalized spacial score (nSPS) is 11.7. The van der Waals surface area contributed by atoms with E-state index < -0.39 is 0 Å². The number of hydrogen-bond acceptors (Lipinski definition) is 4. The van der Waals surface area contributed by atoms with Crippen LogP contribution in [-0.2, 0) is 9.53 Å². The average molecular weight is 286 g/mol. The van der Waals surface area contributed by atoms with Crippen LogP contribution in [0.25, 0.3) is 0 Å². The second kappa shape index (κ2) is 7.40. The van der Waals surface area contributed by atoms with E-state index in [9.17, 15) is 4.79 Å². The van der Waals surface area contributed by atoms with E-state index in [-0.39, 0.29) is 18.6 Å². The van der Waals surface area contributed by atoms with Gasteiger partial charge in [-0.3, -0.25) is 9.78 Å². The van der Waals surface area contributed by atoms with Crippen molar-refractivity contribution in [2.24, 2.45) is 0 Å². The summed E-state index contributed by atoms with van der Waals surface area (Å²) >= 11 is 0. The van der Waals surface area contributed by atoms with E-state index in [2.05, 4.69) is 10.3 Å². The molecule has 5 heteroatoms. The Morgan fingerprint density at radius 3 is 2.29 bits per heavy atom. The van der Waals surface area contributed by atoms with Gasteiger partial charge in [0.15, 0.2) is 0 Å². The zero-order valence-corrected chi connectivity index (χ0v) is 12.1. The van der Waals surface area contributed by atoms with Gasteiger partial charge in [0.05, 0.1) is 13.2 Å². The number of ether oxygens (including phenoxy) is 2. The molecule has 5 nitrogen and oxygen atoms in total. The van der Waals surface area contributed by atoms with Crippen molar-refractivity contribution in [2.75, 3.05) is 20.8 Å². The van der Waals surface area contributed by atoms with Crippen LogP contribution in [0, 0.1) is 0 Å². The lowest BCUT2D eigenvalue weighted by Crippen LogP contribution is -2.32. The number of pyridine rings is 1. The molecular formula is C16H18N2O3. The lowest BCUT2D eigenvalue weighted by atomic mass is 9.99. The summed E-state index contributed by atoms with van der Waals surface area (Å²) in [5, 5.41) is 2.96. The fourth-order valence-corrected chi connectivity index (χ4v) is 2.05. The Bertz CT molecular complexity index is 570. The number of nitrogens with zero attached hydrogens (tertiary/aromatic N) is 1. The Labute approximate surface area is 123 Å². The molecule has 2 aromatic rings. The number of amides is 1. The molecule has 0 fully saturated rings. The first-order valence-corrected chi connectivity index (χ1v) is 6.56. The van der Waals surface area contributed by atoms with Gasteiger partial charge in [0.2, 0.25) is 5.91 Å². The van der Waals surface area contributed by atoms with Crippen LogP contribution in [0.1, 0.15) is 17.2 Å². The third kappa shape index (κ3) is 4.03. The van der Waals surface area contributed by atoms with Crippen molar-refractivity contribution in [3.63, 3.8) is 0 Å². The van der Waals surface area contributed by atoms with Crippen LogP contribution in [-0.4, -0.2) is 31.7 Å². The maximum absolute atomic E-state index is 11.8. The molecule has 0 saturated carbocycles. The predicted octanol–water partition coefficient (Wildman–Crippen LogP) is 1.94. The molecule has 1 heterocycles. The van der Waals surface area contributed by atoms with Crippen molar-refractivity contribution >= 4 is 5.91 Å². The van der Waals surface area contributed by atoms with Crippen LogP contribution in [0.3, 0.4) is 0 Å². The van der Waals surface area contributed by atoms with Gasteiger partial charge in [0, 0.05) is 19.5 Å². The summed E-state index contributed by atoms with van der Waals surface area (Å²) in [6.45, 7) is 0.0255. The second-order valence-electron chi connectivity index (χ2n) is 4.49. The van der Waals surface area contributed by atoms with Crippen molar-refractivity contribution < 1.29 is 14.3 Å². The molecule has 2 rings (SSSR count). The standard InChI is InChI=1S/C16H18N2O3/c1-20-11-15(19)18-16(13-7-9-17-10-8-13)12-3-5-14(21-2)6-4-12/h3-10,16H,11H2,1-2H3,(H,18,19)/t16-/m1/s1. The fourth-order valence-electron chi connectivity index (χ4n) is 2.05. The molecule has 1 N–H and O–H groups in total. The van der Waals surface area contributed by atoms with Gasteiger partial charge in [0.1, 0.15) is 12.4 Å². The van der Waals surface area contributed by atoms with Gasteiger partial charge in [-0.05, 0) is 35.4 Å². The van der Waals surface area contributed by atoms with Crippen molar-refractivity contribution in [1.82, 2.24) is 10.3 Å². The van der Waals surface area contributed by atoms with E-state index in [0.29, 0.717) is 0 Å². The highest BCUT2D eigenvalue weighted by molar-refractivity contribution is 5.78. The molecule has 0 bridgehead atoms. The number of aromatic nitrogens is 1. The van der Waals surface area contributed by atoms with Crippen molar-refractivity contribution in [3.05, 3.63) is 59.9 Å². The van der Waals surface area contributed by atoms with Crippen LogP contribution in [0.5, 0.6) is 5.75 Å². The SMILES string of the molecule is COCC(=O)N[C@@H](c1ccncc1)c1ccc(OC)cc1. The smallest absolute Gasteiger partial charge is 0.246 e. The minimum absolute atomic E-state index is 0.0255. The first-order valence-electron chi connectivity index (χ1n) is 6.56. The minimum atomic E-state index is -0.249. The predicted molar refractivity (Wildman–Crippen MR) is 79.1 cm³/mol. The molecule has 0 radical (unpaired) electrons. The van der Waals surface area contributed by atoms with Crippen LogP contribution in [0.4, 0.5) is 0 Å². The summed E-state index contributed by atoms with van der Waals surface area (Å²) in [6.07, 6.45) is 3.41. The molecule has 0 spiro atoms. The molecule has 0 aliphatic carbocycles. The van der Waals surface area contributed by atoms with Gasteiger partial charge in [-0.25, -0.2) is 0 Å².